The number of amides is 2. The predicted molar refractivity (Wildman–Crippen MR) is 99.1 cm³/mol. The Labute approximate surface area is 159 Å². The number of alkyl halides is 2. The van der Waals surface area contributed by atoms with Crippen molar-refractivity contribution in [3.63, 3.8) is 0 Å². The Balaban J connectivity index is 1.41. The molecule has 1 aliphatic carbocycles. The highest BCUT2D eigenvalue weighted by Crippen LogP contribution is 2.69. The summed E-state index contributed by atoms with van der Waals surface area (Å²) in [6, 6.07) is 5.70. The average Bonchev–Trinajstić information content (AvgIpc) is 2.95. The fourth-order valence-electron chi connectivity index (χ4n) is 4.94. The Morgan fingerprint density at radius 1 is 1.30 bits per heavy atom. The van der Waals surface area contributed by atoms with Crippen molar-refractivity contribution < 1.29 is 18.3 Å². The van der Waals surface area contributed by atoms with Crippen LogP contribution in [0.4, 0.5) is 13.6 Å². The minimum absolute atomic E-state index is 0.00171. The number of hydrogen-bond acceptors (Lipinski definition) is 2. The Kier molecular flexibility index (Phi) is 4.35. The van der Waals surface area contributed by atoms with E-state index in [1.807, 2.05) is 43.9 Å². The van der Waals surface area contributed by atoms with E-state index in [4.69, 9.17) is 4.74 Å². The number of halogens is 2. The number of nitrogens with one attached hydrogen (secondary N) is 1. The summed E-state index contributed by atoms with van der Waals surface area (Å²) in [5.41, 5.74) is 1.20. The van der Waals surface area contributed by atoms with Crippen LogP contribution in [0.1, 0.15) is 57.1 Å². The molecule has 4 rings (SSSR count). The Morgan fingerprint density at radius 3 is 2.48 bits per heavy atom. The molecule has 2 heterocycles. The van der Waals surface area contributed by atoms with Gasteiger partial charge in [-0.15, -0.1) is 0 Å². The Morgan fingerprint density at radius 2 is 1.93 bits per heavy atom. The van der Waals surface area contributed by atoms with Crippen LogP contribution in [-0.2, 0) is 6.54 Å². The van der Waals surface area contributed by atoms with Crippen LogP contribution in [0.3, 0.4) is 0 Å². The lowest BCUT2D eigenvalue weighted by molar-refractivity contribution is 0.0169. The van der Waals surface area contributed by atoms with Gasteiger partial charge in [-0.2, -0.15) is 0 Å². The zero-order valence-electron chi connectivity index (χ0n) is 16.2. The van der Waals surface area contributed by atoms with E-state index >= 15 is 0 Å². The number of urea groups is 1. The number of nitrogens with zero attached hydrogens (tertiary/aromatic N) is 1. The SMILES string of the molecule is Cc1ccc(CNC(=O)N2C3CCC2CC2(C3)CC2(F)F)c(OC(C)C)c1. The molecule has 2 aliphatic heterocycles. The van der Waals surface area contributed by atoms with Crippen LogP contribution in [0, 0.1) is 12.3 Å². The summed E-state index contributed by atoms with van der Waals surface area (Å²) in [7, 11) is 0. The van der Waals surface area contributed by atoms with Crippen LogP contribution in [0.5, 0.6) is 5.75 Å². The van der Waals surface area contributed by atoms with Crippen molar-refractivity contribution >= 4 is 6.03 Å². The number of piperidine rings is 1. The zero-order valence-corrected chi connectivity index (χ0v) is 16.2. The van der Waals surface area contributed by atoms with Crippen molar-refractivity contribution in [1.82, 2.24) is 10.2 Å². The number of carbonyl (C=O) groups is 1. The molecular formula is C21H28F2N2O2. The van der Waals surface area contributed by atoms with E-state index in [0.717, 1.165) is 29.7 Å². The fraction of sp³-hybridized carbons (Fsp3) is 0.667. The van der Waals surface area contributed by atoms with Gasteiger partial charge in [0.2, 0.25) is 0 Å². The van der Waals surface area contributed by atoms with Gasteiger partial charge in [-0.25, -0.2) is 13.6 Å². The highest BCUT2D eigenvalue weighted by Gasteiger charge is 2.74. The highest BCUT2D eigenvalue weighted by atomic mass is 19.3. The topological polar surface area (TPSA) is 41.6 Å². The molecule has 2 unspecified atom stereocenters. The summed E-state index contributed by atoms with van der Waals surface area (Å²) in [5.74, 6) is -1.75. The van der Waals surface area contributed by atoms with Crippen LogP contribution in [0.15, 0.2) is 18.2 Å². The second kappa shape index (κ2) is 6.35. The van der Waals surface area contributed by atoms with Crippen LogP contribution < -0.4 is 10.1 Å². The van der Waals surface area contributed by atoms with Crippen molar-refractivity contribution in [3.8, 4) is 5.75 Å². The highest BCUT2D eigenvalue weighted by molar-refractivity contribution is 5.75. The molecule has 27 heavy (non-hydrogen) atoms. The van der Waals surface area contributed by atoms with E-state index in [9.17, 15) is 13.6 Å². The minimum Gasteiger partial charge on any atom is -0.491 e. The van der Waals surface area contributed by atoms with E-state index in [2.05, 4.69) is 5.32 Å². The van der Waals surface area contributed by atoms with Gasteiger partial charge >= 0.3 is 6.03 Å². The van der Waals surface area contributed by atoms with Gasteiger partial charge in [0.25, 0.3) is 5.92 Å². The molecule has 2 saturated heterocycles. The van der Waals surface area contributed by atoms with Gasteiger partial charge in [0.05, 0.1) is 6.10 Å². The molecule has 2 atom stereocenters. The molecular weight excluding hydrogens is 350 g/mol. The van der Waals surface area contributed by atoms with Crippen molar-refractivity contribution in [3.05, 3.63) is 29.3 Å². The first-order valence-electron chi connectivity index (χ1n) is 9.91. The van der Waals surface area contributed by atoms with Crippen molar-refractivity contribution in [2.75, 3.05) is 0 Å². The summed E-state index contributed by atoms with van der Waals surface area (Å²) < 4.78 is 33.5. The first kappa shape index (κ1) is 18.5. The molecule has 0 aromatic heterocycles. The average molecular weight is 378 g/mol. The molecule has 1 aromatic carbocycles. The maximum atomic E-state index is 13.8. The van der Waals surface area contributed by atoms with Crippen LogP contribution in [0.2, 0.25) is 0 Å². The van der Waals surface area contributed by atoms with Gasteiger partial charge in [-0.3, -0.25) is 0 Å². The van der Waals surface area contributed by atoms with Crippen molar-refractivity contribution in [2.24, 2.45) is 5.41 Å². The normalized spacial score (nSPS) is 30.7. The van der Waals surface area contributed by atoms with E-state index in [1.54, 1.807) is 0 Å². The monoisotopic (exact) mass is 378 g/mol. The lowest BCUT2D eigenvalue weighted by atomic mass is 9.87. The van der Waals surface area contributed by atoms with E-state index in [0.29, 0.717) is 19.4 Å². The lowest BCUT2D eigenvalue weighted by Crippen LogP contribution is -2.51. The van der Waals surface area contributed by atoms with Crippen molar-refractivity contribution in [2.45, 2.75) is 83.5 Å². The second-order valence-electron chi connectivity index (χ2n) is 8.80. The van der Waals surface area contributed by atoms with Gasteiger partial charge < -0.3 is 15.0 Å². The standard InChI is InChI=1S/C21H28F2N2O2/c1-13(2)27-18-8-14(3)4-5-15(18)11-24-19(26)25-16-6-7-17(25)10-20(9-16)12-21(20,22)23/h4-5,8,13,16-17H,6-7,9-12H2,1-3H3,(H,24,26). The summed E-state index contributed by atoms with van der Waals surface area (Å²) in [6.07, 6.45) is 2.61. The molecule has 2 bridgehead atoms. The number of rotatable bonds is 4. The van der Waals surface area contributed by atoms with Crippen LogP contribution in [-0.4, -0.2) is 35.0 Å². The van der Waals surface area contributed by atoms with Gasteiger partial charge in [-0.1, -0.05) is 12.1 Å². The van der Waals surface area contributed by atoms with E-state index < -0.39 is 11.3 Å². The molecule has 1 spiro atoms. The van der Waals surface area contributed by atoms with Crippen molar-refractivity contribution in [1.29, 1.82) is 0 Å². The molecule has 4 nitrogen and oxygen atoms in total. The van der Waals surface area contributed by atoms with E-state index in [-0.39, 0.29) is 30.6 Å². The fourth-order valence-corrected chi connectivity index (χ4v) is 4.94. The zero-order chi connectivity index (χ0) is 19.4. The summed E-state index contributed by atoms with van der Waals surface area (Å²) >= 11 is 0. The number of hydrogen-bond donors (Lipinski definition) is 1. The van der Waals surface area contributed by atoms with Gasteiger partial charge in [0.1, 0.15) is 5.75 Å². The van der Waals surface area contributed by atoms with Crippen LogP contribution in [0.25, 0.3) is 0 Å². The molecule has 0 radical (unpaired) electrons. The Bertz CT molecular complexity index is 736. The van der Waals surface area contributed by atoms with Gasteiger partial charge in [0.15, 0.2) is 0 Å². The number of carbonyl (C=O) groups excluding carboxylic acids is 1. The third kappa shape index (κ3) is 3.27. The first-order valence-corrected chi connectivity index (χ1v) is 9.91. The summed E-state index contributed by atoms with van der Waals surface area (Å²) in [6.45, 7) is 6.32. The molecule has 1 N–H and O–H groups in total. The maximum Gasteiger partial charge on any atom is 0.318 e. The first-order chi connectivity index (χ1) is 12.7. The van der Waals surface area contributed by atoms with Gasteiger partial charge in [0, 0.05) is 36.0 Å². The largest absolute Gasteiger partial charge is 0.491 e. The lowest BCUT2D eigenvalue weighted by Gasteiger charge is -2.39. The summed E-state index contributed by atoms with van der Waals surface area (Å²) in [5, 5.41) is 2.99. The third-order valence-electron chi connectivity index (χ3n) is 6.33. The molecule has 1 aromatic rings. The Hall–Kier alpha value is -1.85. The minimum atomic E-state index is -2.53. The predicted octanol–water partition coefficient (Wildman–Crippen LogP) is 4.64. The molecule has 3 fully saturated rings. The molecule has 3 aliphatic rings. The van der Waals surface area contributed by atoms with Gasteiger partial charge in [-0.05, 0) is 58.1 Å². The quantitative estimate of drug-likeness (QED) is 0.829. The maximum absolute atomic E-state index is 13.8. The molecule has 2 amide bonds. The second-order valence-corrected chi connectivity index (χ2v) is 8.80. The van der Waals surface area contributed by atoms with E-state index in [1.165, 1.54) is 0 Å². The molecule has 1 saturated carbocycles. The molecule has 6 heteroatoms. The summed E-state index contributed by atoms with van der Waals surface area (Å²) in [4.78, 5) is 14.6. The number of benzene rings is 1. The number of aryl methyl sites for hydroxylation is 1. The number of fused-ring (bicyclic) bond motifs is 2. The number of ether oxygens (including phenoxy) is 1. The molecule has 148 valence electrons. The smallest absolute Gasteiger partial charge is 0.318 e. The van der Waals surface area contributed by atoms with Crippen LogP contribution >= 0.6 is 0 Å². The third-order valence-corrected chi connectivity index (χ3v) is 6.33.